The van der Waals surface area contributed by atoms with Gasteiger partial charge in [-0.05, 0) is 24.5 Å². The lowest BCUT2D eigenvalue weighted by Crippen LogP contribution is -2.50. The summed E-state index contributed by atoms with van der Waals surface area (Å²) in [5.74, 6) is -0.328. The summed E-state index contributed by atoms with van der Waals surface area (Å²) in [4.78, 5) is 27.1. The van der Waals surface area contributed by atoms with E-state index in [0.29, 0.717) is 6.42 Å². The Hall–Kier alpha value is -2.14. The first-order chi connectivity index (χ1) is 10.4. The van der Waals surface area contributed by atoms with E-state index in [1.165, 1.54) is 6.92 Å². The third kappa shape index (κ3) is 3.54. The molecule has 0 fully saturated rings. The number of H-pyrrole nitrogens is 1. The second kappa shape index (κ2) is 6.75. The van der Waals surface area contributed by atoms with Gasteiger partial charge < -0.3 is 16.0 Å². The van der Waals surface area contributed by atoms with Crippen molar-refractivity contribution in [2.45, 2.75) is 39.3 Å². The number of Topliss-reactive ketones (excluding diaryl/α,β-unsaturated/α-hetero) is 1. The molecular formula is C17H23N3O2. The zero-order valence-corrected chi connectivity index (χ0v) is 13.2. The highest BCUT2D eigenvalue weighted by molar-refractivity contribution is 5.91. The molecule has 5 heteroatoms. The second-order valence-corrected chi connectivity index (χ2v) is 6.01. The fourth-order valence-electron chi connectivity index (χ4n) is 2.39. The van der Waals surface area contributed by atoms with Crippen molar-refractivity contribution in [1.29, 1.82) is 0 Å². The minimum atomic E-state index is -0.607. The number of hydrogen-bond donors (Lipinski definition) is 3. The molecule has 2 unspecified atom stereocenters. The van der Waals surface area contributed by atoms with Crippen molar-refractivity contribution in [3.8, 4) is 0 Å². The Morgan fingerprint density at radius 3 is 2.59 bits per heavy atom. The van der Waals surface area contributed by atoms with Gasteiger partial charge in [0, 0.05) is 23.5 Å². The third-order valence-corrected chi connectivity index (χ3v) is 3.93. The molecule has 2 aromatic rings. The monoisotopic (exact) mass is 301 g/mol. The van der Waals surface area contributed by atoms with Crippen LogP contribution >= 0.6 is 0 Å². The summed E-state index contributed by atoms with van der Waals surface area (Å²) >= 11 is 0. The molecule has 2 rings (SSSR count). The highest BCUT2D eigenvalue weighted by Gasteiger charge is 2.24. The minimum Gasteiger partial charge on any atom is -0.361 e. The Labute approximate surface area is 130 Å². The molecule has 2 atom stereocenters. The first-order valence-corrected chi connectivity index (χ1v) is 7.51. The lowest BCUT2D eigenvalue weighted by molar-refractivity contribution is -0.128. The molecular weight excluding hydrogens is 278 g/mol. The molecule has 0 aliphatic carbocycles. The van der Waals surface area contributed by atoms with Crippen LogP contribution in [-0.2, 0) is 16.0 Å². The number of nitrogens with two attached hydrogens (primary N) is 1. The van der Waals surface area contributed by atoms with Crippen LogP contribution in [0, 0.1) is 5.92 Å². The standard InChI is InChI=1S/C17H23N3O2/c1-10(2)16(18)17(22)20-15(11(3)21)8-12-9-19-14-7-5-4-6-13(12)14/h4-7,9-10,15-16,19H,8,18H2,1-3H3,(H,20,22). The fourth-order valence-corrected chi connectivity index (χ4v) is 2.39. The molecule has 5 nitrogen and oxygen atoms in total. The average Bonchev–Trinajstić information content (AvgIpc) is 2.88. The smallest absolute Gasteiger partial charge is 0.237 e. The van der Waals surface area contributed by atoms with Crippen LogP contribution in [0.25, 0.3) is 10.9 Å². The molecule has 118 valence electrons. The van der Waals surface area contributed by atoms with Crippen LogP contribution in [0.5, 0.6) is 0 Å². The lowest BCUT2D eigenvalue weighted by atomic mass is 10.00. The summed E-state index contributed by atoms with van der Waals surface area (Å²) in [7, 11) is 0. The Morgan fingerprint density at radius 2 is 1.95 bits per heavy atom. The number of aromatic amines is 1. The number of rotatable bonds is 6. The van der Waals surface area contributed by atoms with Crippen molar-refractivity contribution in [3.63, 3.8) is 0 Å². The first kappa shape index (κ1) is 16.2. The highest BCUT2D eigenvalue weighted by Crippen LogP contribution is 2.19. The molecule has 0 aliphatic rings. The van der Waals surface area contributed by atoms with E-state index >= 15 is 0 Å². The van der Waals surface area contributed by atoms with Crippen LogP contribution in [0.2, 0.25) is 0 Å². The van der Waals surface area contributed by atoms with Gasteiger partial charge in [-0.3, -0.25) is 9.59 Å². The predicted molar refractivity (Wildman–Crippen MR) is 87.4 cm³/mol. The number of ketones is 1. The molecule has 0 saturated heterocycles. The maximum Gasteiger partial charge on any atom is 0.237 e. The summed E-state index contributed by atoms with van der Waals surface area (Å²) in [6, 6.07) is 6.72. The SMILES string of the molecule is CC(=O)C(Cc1c[nH]c2ccccc12)NC(=O)C(N)C(C)C. The number of carbonyl (C=O) groups is 2. The maximum absolute atomic E-state index is 12.1. The number of carbonyl (C=O) groups excluding carboxylic acids is 2. The molecule has 1 aromatic heterocycles. The van der Waals surface area contributed by atoms with Gasteiger partial charge in [0.25, 0.3) is 0 Å². The molecule has 0 spiro atoms. The lowest BCUT2D eigenvalue weighted by Gasteiger charge is -2.20. The van der Waals surface area contributed by atoms with Gasteiger partial charge in [0.15, 0.2) is 5.78 Å². The van der Waals surface area contributed by atoms with Crippen LogP contribution in [0.4, 0.5) is 0 Å². The Bertz CT molecular complexity index is 675. The summed E-state index contributed by atoms with van der Waals surface area (Å²) in [6.45, 7) is 5.25. The summed E-state index contributed by atoms with van der Waals surface area (Å²) in [6.07, 6.45) is 2.34. The van der Waals surface area contributed by atoms with Crippen LogP contribution < -0.4 is 11.1 Å². The van der Waals surface area contributed by atoms with E-state index in [9.17, 15) is 9.59 Å². The minimum absolute atomic E-state index is 0.0284. The Morgan fingerprint density at radius 1 is 1.27 bits per heavy atom. The van der Waals surface area contributed by atoms with Gasteiger partial charge in [-0.1, -0.05) is 32.0 Å². The quantitative estimate of drug-likeness (QED) is 0.759. The van der Waals surface area contributed by atoms with E-state index in [-0.39, 0.29) is 17.6 Å². The zero-order chi connectivity index (χ0) is 16.3. The van der Waals surface area contributed by atoms with Crippen LogP contribution in [-0.4, -0.2) is 28.8 Å². The molecule has 22 heavy (non-hydrogen) atoms. The number of para-hydroxylation sites is 1. The molecule has 4 N–H and O–H groups in total. The van der Waals surface area contributed by atoms with E-state index in [1.54, 1.807) is 0 Å². The van der Waals surface area contributed by atoms with E-state index in [0.717, 1.165) is 16.5 Å². The number of benzene rings is 1. The van der Waals surface area contributed by atoms with Crippen molar-refractivity contribution in [2.24, 2.45) is 11.7 Å². The third-order valence-electron chi connectivity index (χ3n) is 3.93. The number of fused-ring (bicyclic) bond motifs is 1. The van der Waals surface area contributed by atoms with Crippen LogP contribution in [0.1, 0.15) is 26.3 Å². The largest absolute Gasteiger partial charge is 0.361 e. The van der Waals surface area contributed by atoms with Crippen molar-refractivity contribution in [2.75, 3.05) is 0 Å². The van der Waals surface area contributed by atoms with E-state index < -0.39 is 12.1 Å². The molecule has 1 amide bonds. The van der Waals surface area contributed by atoms with E-state index in [1.807, 2.05) is 44.3 Å². The van der Waals surface area contributed by atoms with Crippen molar-refractivity contribution in [3.05, 3.63) is 36.0 Å². The fraction of sp³-hybridized carbons (Fsp3) is 0.412. The van der Waals surface area contributed by atoms with Gasteiger partial charge in [-0.2, -0.15) is 0 Å². The molecule has 1 heterocycles. The van der Waals surface area contributed by atoms with Crippen molar-refractivity contribution in [1.82, 2.24) is 10.3 Å². The number of nitrogens with one attached hydrogen (secondary N) is 2. The van der Waals surface area contributed by atoms with Gasteiger partial charge >= 0.3 is 0 Å². The van der Waals surface area contributed by atoms with Gasteiger partial charge in [0.2, 0.25) is 5.91 Å². The normalized spacial score (nSPS) is 14.0. The molecule has 0 bridgehead atoms. The summed E-state index contributed by atoms with van der Waals surface area (Å²) < 4.78 is 0. The number of amides is 1. The van der Waals surface area contributed by atoms with Crippen molar-refractivity contribution < 1.29 is 9.59 Å². The van der Waals surface area contributed by atoms with Gasteiger partial charge in [0.05, 0.1) is 12.1 Å². The summed E-state index contributed by atoms with van der Waals surface area (Å²) in [5, 5.41) is 3.84. The average molecular weight is 301 g/mol. The maximum atomic E-state index is 12.1. The topological polar surface area (TPSA) is 88.0 Å². The van der Waals surface area contributed by atoms with E-state index in [4.69, 9.17) is 5.73 Å². The van der Waals surface area contributed by atoms with E-state index in [2.05, 4.69) is 10.3 Å². The van der Waals surface area contributed by atoms with Crippen LogP contribution in [0.15, 0.2) is 30.5 Å². The molecule has 0 aliphatic heterocycles. The first-order valence-electron chi connectivity index (χ1n) is 7.51. The number of aromatic nitrogens is 1. The number of hydrogen-bond acceptors (Lipinski definition) is 3. The van der Waals surface area contributed by atoms with Gasteiger partial charge in [0.1, 0.15) is 0 Å². The predicted octanol–water partition coefficient (Wildman–Crippen LogP) is 1.77. The Balaban J connectivity index is 2.16. The molecule has 1 aromatic carbocycles. The van der Waals surface area contributed by atoms with Crippen LogP contribution in [0.3, 0.4) is 0 Å². The zero-order valence-electron chi connectivity index (χ0n) is 13.2. The second-order valence-electron chi connectivity index (χ2n) is 6.01. The molecule has 0 radical (unpaired) electrons. The van der Waals surface area contributed by atoms with Gasteiger partial charge in [-0.25, -0.2) is 0 Å². The Kier molecular flexibility index (Phi) is 4.98. The highest BCUT2D eigenvalue weighted by atomic mass is 16.2. The van der Waals surface area contributed by atoms with Gasteiger partial charge in [-0.15, -0.1) is 0 Å². The molecule has 0 saturated carbocycles. The van der Waals surface area contributed by atoms with Crippen molar-refractivity contribution >= 4 is 22.6 Å². The summed E-state index contributed by atoms with van der Waals surface area (Å²) in [5.41, 5.74) is 7.87.